The molecular formula is C21H28O4. The summed E-state index contributed by atoms with van der Waals surface area (Å²) in [5, 5.41) is 30.9. The lowest BCUT2D eigenvalue weighted by atomic mass is 9.49. The quantitative estimate of drug-likeness (QED) is 0.562. The van der Waals surface area contributed by atoms with Gasteiger partial charge in [0.15, 0.2) is 17.3 Å². The highest BCUT2D eigenvalue weighted by molar-refractivity contribution is 6.01. The van der Waals surface area contributed by atoms with E-state index in [-0.39, 0.29) is 35.0 Å². The van der Waals surface area contributed by atoms with Gasteiger partial charge in [-0.1, -0.05) is 32.9 Å². The smallest absolute Gasteiger partial charge is 0.163 e. The zero-order valence-electron chi connectivity index (χ0n) is 15.5. The van der Waals surface area contributed by atoms with Crippen LogP contribution in [0.1, 0.15) is 68.4 Å². The van der Waals surface area contributed by atoms with Gasteiger partial charge in [0.05, 0.1) is 6.10 Å². The van der Waals surface area contributed by atoms with Crippen LogP contribution < -0.4 is 0 Å². The third kappa shape index (κ3) is 2.50. The van der Waals surface area contributed by atoms with Crippen molar-refractivity contribution in [2.45, 2.75) is 64.9 Å². The minimum Gasteiger partial charge on any atom is -0.504 e. The molecular weight excluding hydrogens is 316 g/mol. The van der Waals surface area contributed by atoms with Gasteiger partial charge < -0.3 is 15.3 Å². The van der Waals surface area contributed by atoms with Crippen molar-refractivity contribution in [2.75, 3.05) is 0 Å². The first kappa shape index (κ1) is 18.0. The number of benzene rings is 1. The summed E-state index contributed by atoms with van der Waals surface area (Å²) in [4.78, 5) is 12.9. The van der Waals surface area contributed by atoms with Crippen LogP contribution in [0.4, 0.5) is 0 Å². The lowest BCUT2D eigenvalue weighted by Crippen LogP contribution is -2.50. The number of aliphatic hydroxyl groups is 1. The molecule has 0 heterocycles. The second kappa shape index (κ2) is 5.60. The number of carbonyl (C=O) groups is 1. The van der Waals surface area contributed by atoms with Gasteiger partial charge in [-0.3, -0.25) is 4.79 Å². The number of Topliss-reactive ketones (excluding diaryl/α,β-unsaturated/α-hetero) is 1. The molecule has 0 amide bonds. The number of phenols is 2. The summed E-state index contributed by atoms with van der Waals surface area (Å²) in [5.74, 6) is -0.384. The highest BCUT2D eigenvalue weighted by Crippen LogP contribution is 2.61. The van der Waals surface area contributed by atoms with E-state index in [0.717, 1.165) is 18.4 Å². The van der Waals surface area contributed by atoms with Crippen LogP contribution in [0.3, 0.4) is 0 Å². The summed E-state index contributed by atoms with van der Waals surface area (Å²) >= 11 is 0. The summed E-state index contributed by atoms with van der Waals surface area (Å²) in [6.45, 7) is 12.1. The minimum atomic E-state index is -0.665. The zero-order chi connectivity index (χ0) is 18.7. The highest BCUT2D eigenvalue weighted by atomic mass is 16.3. The maximum Gasteiger partial charge on any atom is 0.163 e. The molecule has 2 aliphatic carbocycles. The molecule has 136 valence electrons. The number of ketones is 1. The fourth-order valence-corrected chi connectivity index (χ4v) is 5.01. The SMILES string of the molecule is C=C1CC[C@@]2(C)c3c(cc(CC(C)O)c(O)c3O)C(=O)C[C@@H]2C1(C)C. The van der Waals surface area contributed by atoms with Gasteiger partial charge in [0, 0.05) is 34.9 Å². The van der Waals surface area contributed by atoms with E-state index in [1.165, 1.54) is 0 Å². The molecule has 0 aliphatic heterocycles. The molecule has 0 spiro atoms. The van der Waals surface area contributed by atoms with E-state index < -0.39 is 11.5 Å². The van der Waals surface area contributed by atoms with Crippen LogP contribution >= 0.6 is 0 Å². The van der Waals surface area contributed by atoms with Crippen LogP contribution in [-0.2, 0) is 11.8 Å². The van der Waals surface area contributed by atoms with Crippen LogP contribution in [0, 0.1) is 11.3 Å². The van der Waals surface area contributed by atoms with E-state index in [1.807, 2.05) is 0 Å². The number of rotatable bonds is 2. The predicted molar refractivity (Wildman–Crippen MR) is 97.1 cm³/mol. The monoisotopic (exact) mass is 344 g/mol. The molecule has 0 bridgehead atoms. The molecule has 4 nitrogen and oxygen atoms in total. The Kier molecular flexibility index (Phi) is 4.03. The average Bonchev–Trinajstić information content (AvgIpc) is 2.51. The first-order chi connectivity index (χ1) is 11.5. The molecule has 1 unspecified atom stereocenters. The fourth-order valence-electron chi connectivity index (χ4n) is 5.01. The van der Waals surface area contributed by atoms with Crippen molar-refractivity contribution in [1.82, 2.24) is 0 Å². The molecule has 3 N–H and O–H groups in total. The Morgan fingerprint density at radius 1 is 1.28 bits per heavy atom. The summed E-state index contributed by atoms with van der Waals surface area (Å²) in [7, 11) is 0. The Bertz CT molecular complexity index is 760. The molecule has 0 aromatic heterocycles. The van der Waals surface area contributed by atoms with Crippen molar-refractivity contribution in [1.29, 1.82) is 0 Å². The minimum absolute atomic E-state index is 0.0117. The molecule has 3 rings (SSSR count). The Morgan fingerprint density at radius 3 is 2.52 bits per heavy atom. The van der Waals surface area contributed by atoms with Crippen molar-refractivity contribution < 1.29 is 20.1 Å². The molecule has 0 radical (unpaired) electrons. The van der Waals surface area contributed by atoms with E-state index in [2.05, 4.69) is 27.4 Å². The van der Waals surface area contributed by atoms with Crippen molar-refractivity contribution >= 4 is 5.78 Å². The number of aliphatic hydroxyl groups excluding tert-OH is 1. The van der Waals surface area contributed by atoms with Gasteiger partial charge in [-0.2, -0.15) is 0 Å². The summed E-state index contributed by atoms with van der Waals surface area (Å²) in [5.41, 5.74) is 2.02. The Morgan fingerprint density at radius 2 is 1.92 bits per heavy atom. The fraction of sp³-hybridized carbons (Fsp3) is 0.571. The third-order valence-electron chi connectivity index (χ3n) is 6.63. The second-order valence-electron chi connectivity index (χ2n) is 8.63. The number of phenolic OH excluding ortho intramolecular Hbond substituents is 2. The van der Waals surface area contributed by atoms with Crippen LogP contribution in [0.2, 0.25) is 0 Å². The van der Waals surface area contributed by atoms with Gasteiger partial charge in [-0.05, 0) is 37.2 Å². The number of fused-ring (bicyclic) bond motifs is 3. The van der Waals surface area contributed by atoms with E-state index in [4.69, 9.17) is 0 Å². The summed E-state index contributed by atoms with van der Waals surface area (Å²) < 4.78 is 0. The molecule has 4 heteroatoms. The van der Waals surface area contributed by atoms with Crippen LogP contribution in [-0.4, -0.2) is 27.2 Å². The number of hydrogen-bond donors (Lipinski definition) is 3. The van der Waals surface area contributed by atoms with Gasteiger partial charge in [0.1, 0.15) is 0 Å². The van der Waals surface area contributed by atoms with Crippen molar-refractivity contribution in [3.8, 4) is 11.5 Å². The molecule has 1 aromatic rings. The first-order valence-electron chi connectivity index (χ1n) is 8.98. The van der Waals surface area contributed by atoms with Crippen molar-refractivity contribution in [3.05, 3.63) is 34.9 Å². The van der Waals surface area contributed by atoms with E-state index in [1.54, 1.807) is 13.0 Å². The van der Waals surface area contributed by atoms with Gasteiger partial charge >= 0.3 is 0 Å². The number of aromatic hydroxyl groups is 2. The topological polar surface area (TPSA) is 77.8 Å². The van der Waals surface area contributed by atoms with Gasteiger partial charge in [0.2, 0.25) is 0 Å². The molecule has 25 heavy (non-hydrogen) atoms. The summed E-state index contributed by atoms with van der Waals surface area (Å²) in [6.07, 6.45) is 1.57. The second-order valence-corrected chi connectivity index (χ2v) is 8.63. The average molecular weight is 344 g/mol. The van der Waals surface area contributed by atoms with E-state index in [9.17, 15) is 20.1 Å². The standard InChI is InChI=1S/C21H28O4/c1-11-6-7-21(5)16(20(11,3)4)10-15(23)14-9-13(8-12(2)22)18(24)19(25)17(14)21/h9,12,16,22,24-25H,1,6-8,10H2,2-5H3/t12?,16-,21-/m1/s1. The first-order valence-corrected chi connectivity index (χ1v) is 8.98. The number of carbonyl (C=O) groups excluding carboxylic acids is 1. The van der Waals surface area contributed by atoms with E-state index in [0.29, 0.717) is 23.1 Å². The van der Waals surface area contributed by atoms with Crippen LogP contribution in [0.5, 0.6) is 11.5 Å². The van der Waals surface area contributed by atoms with Gasteiger partial charge in [-0.25, -0.2) is 0 Å². The van der Waals surface area contributed by atoms with Gasteiger partial charge in [0.25, 0.3) is 0 Å². The summed E-state index contributed by atoms with van der Waals surface area (Å²) in [6, 6.07) is 1.66. The third-order valence-corrected chi connectivity index (χ3v) is 6.63. The Labute approximate surface area is 149 Å². The zero-order valence-corrected chi connectivity index (χ0v) is 15.5. The molecule has 3 atom stereocenters. The van der Waals surface area contributed by atoms with Crippen molar-refractivity contribution in [2.24, 2.45) is 11.3 Å². The van der Waals surface area contributed by atoms with Crippen molar-refractivity contribution in [3.63, 3.8) is 0 Å². The lowest BCUT2D eigenvalue weighted by Gasteiger charge is -2.54. The highest BCUT2D eigenvalue weighted by Gasteiger charge is 2.54. The maximum absolute atomic E-state index is 12.9. The Balaban J connectivity index is 2.23. The number of allylic oxidation sites excluding steroid dienone is 1. The van der Waals surface area contributed by atoms with Gasteiger partial charge in [-0.15, -0.1) is 0 Å². The maximum atomic E-state index is 12.9. The number of hydrogen-bond acceptors (Lipinski definition) is 4. The van der Waals surface area contributed by atoms with E-state index >= 15 is 0 Å². The molecule has 1 fully saturated rings. The molecule has 0 saturated heterocycles. The largest absolute Gasteiger partial charge is 0.504 e. The molecule has 1 aromatic carbocycles. The normalized spacial score (nSPS) is 29.1. The lowest BCUT2D eigenvalue weighted by molar-refractivity contribution is 0.0636. The Hall–Kier alpha value is -1.81. The van der Waals surface area contributed by atoms with Crippen LogP contribution in [0.15, 0.2) is 18.2 Å². The predicted octanol–water partition coefficient (Wildman–Crippen LogP) is 3.86. The van der Waals surface area contributed by atoms with Crippen LogP contribution in [0.25, 0.3) is 0 Å². The molecule has 1 saturated carbocycles. The molecule has 2 aliphatic rings.